The first-order chi connectivity index (χ1) is 45.2. The van der Waals surface area contributed by atoms with E-state index in [0.29, 0.717) is 19.3 Å². The number of hydrogen-bond acceptors (Lipinski definition) is 33. The smallest absolute Gasteiger partial charge is 0.157 e. The molecular formula is C57H132O33S11. The molecule has 0 aliphatic heterocycles. The van der Waals surface area contributed by atoms with Crippen LogP contribution in [0.25, 0.3) is 0 Å². The van der Waals surface area contributed by atoms with Crippen molar-refractivity contribution in [2.45, 2.75) is 168 Å². The van der Waals surface area contributed by atoms with Gasteiger partial charge in [0.2, 0.25) is 0 Å². The molecule has 11 N–H and O–H groups in total. The second-order valence-electron chi connectivity index (χ2n) is 24.6. The lowest BCUT2D eigenvalue weighted by Crippen LogP contribution is -2.31. The molecule has 0 bridgehead atoms. The van der Waals surface area contributed by atoms with E-state index in [0.717, 1.165) is 50.9 Å². The van der Waals surface area contributed by atoms with Crippen molar-refractivity contribution < 1.29 is 149 Å². The van der Waals surface area contributed by atoms with Gasteiger partial charge in [0, 0.05) is 36.0 Å². The maximum atomic E-state index is 11.4. The average Bonchev–Trinajstić information content (AvgIpc) is 0.859. The Labute approximate surface area is 609 Å². The average molecular weight is 1700 g/mol. The highest BCUT2D eigenvalue weighted by molar-refractivity contribution is 7.94. The van der Waals surface area contributed by atoms with E-state index in [4.69, 9.17) is 56.2 Å². The molecule has 0 amide bonds. The van der Waals surface area contributed by atoms with E-state index in [-0.39, 0.29) is 168 Å². The van der Waals surface area contributed by atoms with Gasteiger partial charge in [-0.1, -0.05) is 66.9 Å². The summed E-state index contributed by atoms with van der Waals surface area (Å²) in [6.45, 7) is 22.4. The van der Waals surface area contributed by atoms with Gasteiger partial charge in [-0.05, 0) is 86.5 Å². The predicted octanol–water partition coefficient (Wildman–Crippen LogP) is -2.00. The molecular weight excluding hydrogens is 1570 g/mol. The minimum absolute atomic E-state index is 0.0481. The van der Waals surface area contributed by atoms with Gasteiger partial charge in [0.25, 0.3) is 0 Å². The molecule has 1 aliphatic carbocycles. The van der Waals surface area contributed by atoms with E-state index in [1.54, 1.807) is 48.5 Å². The van der Waals surface area contributed by atoms with Crippen LogP contribution < -0.4 is 0 Å². The molecule has 0 radical (unpaired) electrons. The third kappa shape index (κ3) is 98.8. The molecule has 2 atom stereocenters. The Kier molecular flexibility index (Phi) is 74.9. The highest BCUT2D eigenvalue weighted by atomic mass is 32.2. The zero-order valence-electron chi connectivity index (χ0n) is 62.3. The topological polar surface area (TPSA) is 598 Å². The Morgan fingerprint density at radius 2 is 0.752 bits per heavy atom. The summed E-state index contributed by atoms with van der Waals surface area (Å²) in [5.41, 5.74) is -1.10. The maximum Gasteiger partial charge on any atom is 0.157 e. The molecule has 1 saturated carbocycles. The molecule has 1 rings (SSSR count). The van der Waals surface area contributed by atoms with Crippen LogP contribution in [0.15, 0.2) is 12.7 Å². The number of sulfone groups is 11. The third-order valence-electron chi connectivity index (χ3n) is 11.4. The van der Waals surface area contributed by atoms with Crippen molar-refractivity contribution in [2.24, 2.45) is 5.92 Å². The van der Waals surface area contributed by atoms with Crippen LogP contribution in [0.3, 0.4) is 0 Å². The van der Waals surface area contributed by atoms with Crippen LogP contribution in [-0.2, 0) is 108 Å². The summed E-state index contributed by atoms with van der Waals surface area (Å²) in [5, 5.41) is 91.5. The molecule has 1 fully saturated rings. The largest absolute Gasteiger partial charge is 0.395 e. The predicted molar refractivity (Wildman–Crippen MR) is 403 cm³/mol. The molecule has 624 valence electrons. The highest BCUT2D eigenvalue weighted by Crippen LogP contribution is 2.24. The van der Waals surface area contributed by atoms with Gasteiger partial charge in [0.15, 0.2) is 78.7 Å². The summed E-state index contributed by atoms with van der Waals surface area (Å²) in [6, 6.07) is 0. The fraction of sp³-hybridized carbons (Fsp3) is 0.965. The Hall–Kier alpha value is -1.25. The van der Waals surface area contributed by atoms with Gasteiger partial charge in [-0.3, -0.25) is 0 Å². The molecule has 0 spiro atoms. The van der Waals surface area contributed by atoms with Crippen LogP contribution in [0.2, 0.25) is 0 Å². The van der Waals surface area contributed by atoms with E-state index >= 15 is 0 Å². The number of aliphatic hydroxyl groups excluding tert-OH is 10. The molecule has 0 saturated heterocycles. The molecule has 101 heavy (non-hydrogen) atoms. The Morgan fingerprint density at radius 3 is 0.950 bits per heavy atom. The van der Waals surface area contributed by atoms with E-state index in [2.05, 4.69) is 6.58 Å². The van der Waals surface area contributed by atoms with Crippen LogP contribution in [-0.4, -0.2) is 346 Å². The second-order valence-corrected chi connectivity index (χ2v) is 50.5. The van der Waals surface area contributed by atoms with Crippen LogP contribution >= 0.6 is 0 Å². The second kappa shape index (κ2) is 62.6. The van der Waals surface area contributed by atoms with Crippen molar-refractivity contribution >= 4 is 108 Å². The van der Waals surface area contributed by atoms with Crippen molar-refractivity contribution in [3.05, 3.63) is 12.7 Å². The normalized spacial score (nSPS) is 13.9. The lowest BCUT2D eigenvalue weighted by atomic mass is 10.0. The number of rotatable bonds is 34. The Bertz CT molecular complexity index is 3270. The molecule has 1 aliphatic rings. The van der Waals surface area contributed by atoms with Crippen molar-refractivity contribution in [1.82, 2.24) is 0 Å². The molecule has 33 nitrogen and oxygen atoms in total. The fourth-order valence-corrected chi connectivity index (χ4v) is 17.7. The first-order valence-corrected chi connectivity index (χ1v) is 52.2. The monoisotopic (exact) mass is 1700 g/mol. The van der Waals surface area contributed by atoms with Crippen molar-refractivity contribution in [2.75, 3.05) is 170 Å². The highest BCUT2D eigenvalue weighted by Gasteiger charge is 2.28. The zero-order chi connectivity index (χ0) is 82.9. The van der Waals surface area contributed by atoms with Gasteiger partial charge in [-0.2, -0.15) is 0 Å². The Morgan fingerprint density at radius 1 is 0.416 bits per heavy atom. The van der Waals surface area contributed by atoms with Crippen LogP contribution in [0, 0.1) is 5.92 Å². The van der Waals surface area contributed by atoms with Crippen LogP contribution in [0.4, 0.5) is 0 Å². The van der Waals surface area contributed by atoms with E-state index in [9.17, 15) is 92.6 Å². The standard InChI is InChI=1S/C8H16O3S.3C6H14O3S.3C5H12O3S.C5H10O3S.2C4H10O3S.C3H8O3S/c9-6-7-12(10,11)8-4-2-1-3-5-8;1-6(2,3)10(8,9)5-4-7;1-6(2)5-10(8,9)4-3-7;1-3-6(2)10(8,9)5-4-7;1-5(2,6)4-9(3,7)8;3*1-2-4-9(7,8)5-3-6;1-4(5)3-8(2,6)7;1-2-8(6,7)4-3-5;1-7(5,6)3-2-4/h8-9H,1-7H2;7H,4-5H2,1-3H3;2*6-7H,3-5H2,1-2H3;6H,4H2,1-3H3;2*6H,2-5H2,1H3;2,6H,1,3-5H2;4-5H,3H2,1-2H3;5H,2-4H2,1H3;4H,2-3H2,1H3. The summed E-state index contributed by atoms with van der Waals surface area (Å²) in [6.07, 6.45) is 10.5. The van der Waals surface area contributed by atoms with Crippen molar-refractivity contribution in [3.63, 3.8) is 0 Å². The molecule has 0 aromatic heterocycles. The first-order valence-electron chi connectivity index (χ1n) is 31.9. The van der Waals surface area contributed by atoms with Gasteiger partial charge in [0.1, 0.15) is 29.5 Å². The fourth-order valence-electron chi connectivity index (χ4n) is 6.49. The van der Waals surface area contributed by atoms with Crippen molar-refractivity contribution in [1.29, 1.82) is 0 Å². The van der Waals surface area contributed by atoms with Gasteiger partial charge >= 0.3 is 0 Å². The minimum Gasteiger partial charge on any atom is -0.395 e. The summed E-state index contributed by atoms with van der Waals surface area (Å²) >= 11 is 0. The minimum atomic E-state index is -3.10. The summed E-state index contributed by atoms with van der Waals surface area (Å²) in [5.74, 6) is -0.571. The van der Waals surface area contributed by atoms with Crippen LogP contribution in [0.1, 0.15) is 141 Å². The molecule has 0 aromatic rings. The maximum absolute atomic E-state index is 11.4. The number of aliphatic hydroxyl groups is 11. The van der Waals surface area contributed by atoms with Gasteiger partial charge < -0.3 is 56.2 Å². The lowest BCUT2D eigenvalue weighted by molar-refractivity contribution is 0.105. The van der Waals surface area contributed by atoms with Gasteiger partial charge in [-0.25, -0.2) is 92.6 Å². The van der Waals surface area contributed by atoms with E-state index in [1.807, 2.05) is 20.8 Å². The quantitative estimate of drug-likeness (QED) is 0.0310. The summed E-state index contributed by atoms with van der Waals surface area (Å²) in [4.78, 5) is 0. The molecule has 44 heteroatoms. The zero-order valence-corrected chi connectivity index (χ0v) is 71.3. The van der Waals surface area contributed by atoms with Crippen LogP contribution in [0.5, 0.6) is 0 Å². The SMILES string of the molecule is C=CCS(=O)(=O)CCO.CC(C)(C)S(=O)(=O)CCO.CC(C)(O)CS(C)(=O)=O.CC(C)CS(=O)(=O)CCO.CC(O)CS(C)(=O)=O.CCC(C)S(=O)(=O)CCO.CCCS(=O)(=O)CCO.CCCS(=O)(=O)CCO.CCS(=O)(=O)CCO.CS(=O)(=O)CCO.O=S(=O)(CCO)C1CCCCC1. The third-order valence-corrected chi connectivity index (χ3v) is 30.6. The van der Waals surface area contributed by atoms with Gasteiger partial charge in [-0.15, -0.1) is 6.58 Å². The van der Waals surface area contributed by atoms with E-state index < -0.39 is 125 Å². The molecule has 0 heterocycles. The Balaban J connectivity index is -0.000000113. The molecule has 2 unspecified atom stereocenters. The van der Waals surface area contributed by atoms with Gasteiger partial charge in [0.05, 0.1) is 161 Å². The number of hydrogen-bond donors (Lipinski definition) is 11. The summed E-state index contributed by atoms with van der Waals surface area (Å²) < 4.78 is 234. The van der Waals surface area contributed by atoms with E-state index in [1.165, 1.54) is 26.8 Å². The first kappa shape index (κ1) is 121. The van der Waals surface area contributed by atoms with Crippen molar-refractivity contribution in [3.8, 4) is 0 Å². The molecule has 0 aromatic carbocycles. The lowest BCUT2D eigenvalue weighted by Gasteiger charge is -2.20. The summed E-state index contributed by atoms with van der Waals surface area (Å²) in [7, 11) is -32.8.